The van der Waals surface area contributed by atoms with Crippen molar-refractivity contribution >= 4 is 17.7 Å². The molecule has 1 aromatic carbocycles. The standard InChI is InChI=1S/C14H20N2O4/c1-10(9-20-2)8-15-14(19)16-12-5-3-4-11(6-12)7-13(17)18/h3-6,10H,7-9H2,1-2H3,(H,17,18)(H2,15,16,19). The van der Waals surface area contributed by atoms with E-state index in [4.69, 9.17) is 9.84 Å². The number of amides is 2. The molecule has 0 fully saturated rings. The SMILES string of the molecule is COCC(C)CNC(=O)Nc1cccc(CC(=O)O)c1. The Morgan fingerprint density at radius 2 is 2.15 bits per heavy atom. The molecule has 0 aromatic heterocycles. The van der Waals surface area contributed by atoms with Gasteiger partial charge in [-0.3, -0.25) is 4.79 Å². The first-order chi connectivity index (χ1) is 9.51. The fourth-order valence-electron chi connectivity index (χ4n) is 1.72. The summed E-state index contributed by atoms with van der Waals surface area (Å²) in [6, 6.07) is 6.45. The lowest BCUT2D eigenvalue weighted by atomic mass is 10.1. The van der Waals surface area contributed by atoms with Gasteiger partial charge in [-0.15, -0.1) is 0 Å². The van der Waals surface area contributed by atoms with Crippen LogP contribution in [0, 0.1) is 5.92 Å². The number of carboxylic acids is 1. The molecule has 0 saturated heterocycles. The molecule has 1 unspecified atom stereocenters. The maximum atomic E-state index is 11.7. The van der Waals surface area contributed by atoms with Crippen LogP contribution in [-0.2, 0) is 16.0 Å². The van der Waals surface area contributed by atoms with E-state index in [0.717, 1.165) is 0 Å². The van der Waals surface area contributed by atoms with Crippen molar-refractivity contribution in [2.45, 2.75) is 13.3 Å². The third kappa shape index (κ3) is 6.19. The topological polar surface area (TPSA) is 87.7 Å². The molecule has 110 valence electrons. The minimum atomic E-state index is -0.903. The molecule has 0 aliphatic heterocycles. The monoisotopic (exact) mass is 280 g/mol. The predicted octanol–water partition coefficient (Wildman–Crippen LogP) is 1.72. The molecule has 0 spiro atoms. The lowest BCUT2D eigenvalue weighted by Crippen LogP contribution is -2.33. The van der Waals surface area contributed by atoms with Gasteiger partial charge in [0.05, 0.1) is 13.0 Å². The van der Waals surface area contributed by atoms with Gasteiger partial charge in [-0.05, 0) is 23.6 Å². The molecule has 0 radical (unpaired) electrons. The van der Waals surface area contributed by atoms with Gasteiger partial charge in [0.2, 0.25) is 0 Å². The van der Waals surface area contributed by atoms with Crippen molar-refractivity contribution in [3.05, 3.63) is 29.8 Å². The molecular weight excluding hydrogens is 260 g/mol. The maximum Gasteiger partial charge on any atom is 0.319 e. The number of rotatable bonds is 7. The average molecular weight is 280 g/mol. The van der Waals surface area contributed by atoms with E-state index in [-0.39, 0.29) is 18.4 Å². The van der Waals surface area contributed by atoms with E-state index in [1.165, 1.54) is 0 Å². The Kier molecular flexibility index (Phi) is 6.52. The number of carbonyl (C=O) groups excluding carboxylic acids is 1. The maximum absolute atomic E-state index is 11.7. The van der Waals surface area contributed by atoms with Crippen LogP contribution in [0.2, 0.25) is 0 Å². The second kappa shape index (κ2) is 8.16. The van der Waals surface area contributed by atoms with Gasteiger partial charge in [0.1, 0.15) is 0 Å². The third-order valence-electron chi connectivity index (χ3n) is 2.60. The van der Waals surface area contributed by atoms with E-state index in [9.17, 15) is 9.59 Å². The van der Waals surface area contributed by atoms with E-state index >= 15 is 0 Å². The number of methoxy groups -OCH3 is 1. The van der Waals surface area contributed by atoms with Crippen molar-refractivity contribution < 1.29 is 19.4 Å². The van der Waals surface area contributed by atoms with Gasteiger partial charge in [-0.1, -0.05) is 19.1 Å². The summed E-state index contributed by atoms with van der Waals surface area (Å²) < 4.78 is 4.98. The summed E-state index contributed by atoms with van der Waals surface area (Å²) in [5.41, 5.74) is 1.21. The molecular formula is C14H20N2O4. The van der Waals surface area contributed by atoms with Crippen molar-refractivity contribution in [1.29, 1.82) is 0 Å². The van der Waals surface area contributed by atoms with Crippen molar-refractivity contribution in [3.63, 3.8) is 0 Å². The van der Waals surface area contributed by atoms with Crippen molar-refractivity contribution in [2.24, 2.45) is 5.92 Å². The van der Waals surface area contributed by atoms with Gasteiger partial charge in [0.25, 0.3) is 0 Å². The van der Waals surface area contributed by atoms with Crippen molar-refractivity contribution in [3.8, 4) is 0 Å². The highest BCUT2D eigenvalue weighted by molar-refractivity contribution is 5.89. The molecule has 0 bridgehead atoms. The molecule has 0 aliphatic carbocycles. The van der Waals surface area contributed by atoms with Gasteiger partial charge >= 0.3 is 12.0 Å². The van der Waals surface area contributed by atoms with Crippen LogP contribution in [0.3, 0.4) is 0 Å². The number of hydrogen-bond donors (Lipinski definition) is 3. The van der Waals surface area contributed by atoms with Crippen LogP contribution in [0.5, 0.6) is 0 Å². The normalized spacial score (nSPS) is 11.7. The first-order valence-electron chi connectivity index (χ1n) is 6.35. The zero-order valence-corrected chi connectivity index (χ0v) is 11.7. The summed E-state index contributed by atoms with van der Waals surface area (Å²) in [5, 5.41) is 14.1. The molecule has 0 saturated carbocycles. The number of hydrogen-bond acceptors (Lipinski definition) is 3. The molecule has 2 amide bonds. The number of benzene rings is 1. The third-order valence-corrected chi connectivity index (χ3v) is 2.60. The van der Waals surface area contributed by atoms with Gasteiger partial charge < -0.3 is 20.5 Å². The van der Waals surface area contributed by atoms with Crippen LogP contribution in [-0.4, -0.2) is 37.4 Å². The Bertz CT molecular complexity index is 462. The van der Waals surface area contributed by atoms with Crippen molar-refractivity contribution in [2.75, 3.05) is 25.6 Å². The highest BCUT2D eigenvalue weighted by atomic mass is 16.5. The molecule has 0 aliphatic rings. The number of ether oxygens (including phenoxy) is 1. The summed E-state index contributed by atoms with van der Waals surface area (Å²) in [6.07, 6.45) is -0.0674. The lowest BCUT2D eigenvalue weighted by Gasteiger charge is -2.12. The zero-order valence-electron chi connectivity index (χ0n) is 11.7. The van der Waals surface area contributed by atoms with Gasteiger partial charge in [0, 0.05) is 19.3 Å². The minimum Gasteiger partial charge on any atom is -0.481 e. The van der Waals surface area contributed by atoms with E-state index in [1.54, 1.807) is 31.4 Å². The highest BCUT2D eigenvalue weighted by Gasteiger charge is 2.06. The number of nitrogens with one attached hydrogen (secondary N) is 2. The number of aliphatic carboxylic acids is 1. The molecule has 0 heterocycles. The first kappa shape index (κ1) is 16.0. The van der Waals surface area contributed by atoms with Crippen molar-refractivity contribution in [1.82, 2.24) is 5.32 Å². The summed E-state index contributed by atoms with van der Waals surface area (Å²) in [7, 11) is 1.62. The Labute approximate surface area is 118 Å². The largest absolute Gasteiger partial charge is 0.481 e. The summed E-state index contributed by atoms with van der Waals surface area (Å²) in [6.45, 7) is 3.06. The molecule has 1 aromatic rings. The quantitative estimate of drug-likeness (QED) is 0.709. The summed E-state index contributed by atoms with van der Waals surface area (Å²) >= 11 is 0. The molecule has 6 heteroatoms. The van der Waals surface area contributed by atoms with E-state index in [1.807, 2.05) is 6.92 Å². The Morgan fingerprint density at radius 1 is 1.40 bits per heavy atom. The van der Waals surface area contributed by atoms with Gasteiger partial charge in [-0.25, -0.2) is 4.79 Å². The first-order valence-corrected chi connectivity index (χ1v) is 6.35. The Balaban J connectivity index is 2.47. The fourth-order valence-corrected chi connectivity index (χ4v) is 1.72. The zero-order chi connectivity index (χ0) is 15.0. The number of anilines is 1. The van der Waals surface area contributed by atoms with Gasteiger partial charge in [0.15, 0.2) is 0 Å². The van der Waals surface area contributed by atoms with Crippen LogP contribution in [0.4, 0.5) is 10.5 Å². The van der Waals surface area contributed by atoms with Crippen LogP contribution >= 0.6 is 0 Å². The van der Waals surface area contributed by atoms with E-state index in [0.29, 0.717) is 24.4 Å². The Morgan fingerprint density at radius 3 is 2.80 bits per heavy atom. The highest BCUT2D eigenvalue weighted by Crippen LogP contribution is 2.11. The molecule has 6 nitrogen and oxygen atoms in total. The van der Waals surface area contributed by atoms with Crippen LogP contribution in [0.25, 0.3) is 0 Å². The van der Waals surface area contributed by atoms with Crippen LogP contribution in [0.1, 0.15) is 12.5 Å². The van der Waals surface area contributed by atoms with Gasteiger partial charge in [-0.2, -0.15) is 0 Å². The summed E-state index contributed by atoms with van der Waals surface area (Å²) in [4.78, 5) is 22.3. The smallest absolute Gasteiger partial charge is 0.319 e. The lowest BCUT2D eigenvalue weighted by molar-refractivity contribution is -0.136. The van der Waals surface area contributed by atoms with E-state index < -0.39 is 5.97 Å². The number of urea groups is 1. The Hall–Kier alpha value is -2.08. The summed E-state index contributed by atoms with van der Waals surface area (Å²) in [5.74, 6) is -0.677. The molecule has 20 heavy (non-hydrogen) atoms. The molecule has 1 atom stereocenters. The van der Waals surface area contributed by atoms with E-state index in [2.05, 4.69) is 10.6 Å². The minimum absolute atomic E-state index is 0.0674. The number of carboxylic acid groups (broad SMARTS) is 1. The second-order valence-electron chi connectivity index (χ2n) is 4.67. The fraction of sp³-hybridized carbons (Fsp3) is 0.429. The predicted molar refractivity (Wildman–Crippen MR) is 75.8 cm³/mol. The molecule has 3 N–H and O–H groups in total. The average Bonchev–Trinajstić information content (AvgIpc) is 2.36. The second-order valence-corrected chi connectivity index (χ2v) is 4.67. The van der Waals surface area contributed by atoms with Crippen LogP contribution < -0.4 is 10.6 Å². The molecule has 1 rings (SSSR count). The van der Waals surface area contributed by atoms with Crippen LogP contribution in [0.15, 0.2) is 24.3 Å². The number of carbonyl (C=O) groups is 2.